The number of pyridine rings is 1. The first-order valence-electron chi connectivity index (χ1n) is 9.95. The van der Waals surface area contributed by atoms with Crippen LogP contribution in [-0.4, -0.2) is 4.40 Å². The normalized spacial score (nSPS) is 12.0. The van der Waals surface area contributed by atoms with E-state index in [0.717, 1.165) is 20.8 Å². The van der Waals surface area contributed by atoms with Crippen molar-refractivity contribution in [3.05, 3.63) is 89.8 Å². The van der Waals surface area contributed by atoms with E-state index in [4.69, 9.17) is 0 Å². The Morgan fingerprint density at radius 3 is 2.37 bits per heavy atom. The maximum Gasteiger partial charge on any atom is 0.115 e. The monoisotopic (exact) mass is 398 g/mol. The molecule has 0 aliphatic carbocycles. The highest BCUT2D eigenvalue weighted by molar-refractivity contribution is 7.20. The van der Waals surface area contributed by atoms with Crippen LogP contribution in [0, 0.1) is 11.3 Å². The molecular weight excluding hydrogens is 384 g/mol. The van der Waals surface area contributed by atoms with Gasteiger partial charge in [-0.1, -0.05) is 78.9 Å². The molecule has 0 aliphatic heterocycles. The van der Waals surface area contributed by atoms with Crippen LogP contribution in [-0.2, 0) is 0 Å². The second-order valence-electron chi connectivity index (χ2n) is 7.68. The third kappa shape index (κ3) is 1.82. The van der Waals surface area contributed by atoms with Crippen molar-refractivity contribution in [2.24, 2.45) is 0 Å². The molecule has 0 aliphatic rings. The summed E-state index contributed by atoms with van der Waals surface area (Å²) in [6, 6.07) is 32.4. The van der Waals surface area contributed by atoms with Gasteiger partial charge < -0.3 is 0 Å². The average Bonchev–Trinajstić information content (AvgIpc) is 3.35. The molecule has 3 heteroatoms. The quantitative estimate of drug-likeness (QED) is 0.280. The molecule has 0 atom stereocenters. The summed E-state index contributed by atoms with van der Waals surface area (Å²) in [6.07, 6.45) is 0. The highest BCUT2D eigenvalue weighted by Crippen LogP contribution is 2.47. The minimum Gasteiger partial charge on any atom is -0.299 e. The van der Waals surface area contributed by atoms with Gasteiger partial charge in [-0.15, -0.1) is 11.3 Å². The maximum atomic E-state index is 10.0. The fourth-order valence-electron chi connectivity index (χ4n) is 5.03. The Kier molecular flexibility index (Phi) is 2.98. The lowest BCUT2D eigenvalue weighted by Gasteiger charge is -2.11. The van der Waals surface area contributed by atoms with E-state index >= 15 is 0 Å². The third-order valence-corrected chi connectivity index (χ3v) is 7.28. The van der Waals surface area contributed by atoms with Crippen LogP contribution in [0.3, 0.4) is 0 Å². The fraction of sp³-hybridized carbons (Fsp3) is 0. The molecule has 0 bridgehead atoms. The summed E-state index contributed by atoms with van der Waals surface area (Å²) in [5.41, 5.74) is 4.59. The molecule has 0 saturated heterocycles. The van der Waals surface area contributed by atoms with Crippen molar-refractivity contribution in [2.45, 2.75) is 0 Å². The van der Waals surface area contributed by atoms with Crippen LogP contribution in [0.15, 0.2) is 84.9 Å². The van der Waals surface area contributed by atoms with Crippen LogP contribution in [0.5, 0.6) is 0 Å². The van der Waals surface area contributed by atoms with Gasteiger partial charge in [0.2, 0.25) is 0 Å². The predicted octanol–water partition coefficient (Wildman–Crippen LogP) is 7.59. The largest absolute Gasteiger partial charge is 0.299 e. The lowest BCUT2D eigenvalue weighted by molar-refractivity contribution is 1.38. The van der Waals surface area contributed by atoms with Crippen LogP contribution >= 0.6 is 11.3 Å². The van der Waals surface area contributed by atoms with Gasteiger partial charge in [0.05, 0.1) is 11.0 Å². The number of para-hydroxylation sites is 1. The van der Waals surface area contributed by atoms with Crippen molar-refractivity contribution >= 4 is 59.5 Å². The summed E-state index contributed by atoms with van der Waals surface area (Å²) < 4.78 is 2.38. The van der Waals surface area contributed by atoms with Gasteiger partial charge in [0, 0.05) is 27.1 Å². The first kappa shape index (κ1) is 16.0. The zero-order valence-corrected chi connectivity index (χ0v) is 16.7. The number of nitriles is 1. The van der Waals surface area contributed by atoms with Gasteiger partial charge in [0.15, 0.2) is 0 Å². The number of fused-ring (bicyclic) bond motifs is 6. The van der Waals surface area contributed by atoms with Gasteiger partial charge >= 0.3 is 0 Å². The predicted molar refractivity (Wildman–Crippen MR) is 127 cm³/mol. The molecule has 0 fully saturated rings. The standard InChI is InChI=1S/C27H14N2S/c28-15-22-24(16-7-2-1-3-8-16)25-20-11-6-9-17-13-14-19-18-10-4-5-12-21(18)29(27(25)30-22)26(19)23(17)20/h1-14H. The van der Waals surface area contributed by atoms with Gasteiger partial charge in [0.1, 0.15) is 15.8 Å². The van der Waals surface area contributed by atoms with Crippen molar-refractivity contribution in [3.63, 3.8) is 0 Å². The Balaban J connectivity index is 1.89. The van der Waals surface area contributed by atoms with E-state index in [2.05, 4.69) is 77.2 Å². The molecular formula is C27H14N2S. The minimum atomic E-state index is 0.766. The van der Waals surface area contributed by atoms with Gasteiger partial charge in [-0.3, -0.25) is 4.40 Å². The number of nitrogens with zero attached hydrogens (tertiary/aromatic N) is 2. The summed E-state index contributed by atoms with van der Waals surface area (Å²) in [7, 11) is 0. The first-order valence-corrected chi connectivity index (χ1v) is 10.8. The van der Waals surface area contributed by atoms with E-state index in [-0.39, 0.29) is 0 Å². The lowest BCUT2D eigenvalue weighted by Crippen LogP contribution is -1.90. The summed E-state index contributed by atoms with van der Waals surface area (Å²) in [5.74, 6) is 0. The van der Waals surface area contributed by atoms with Crippen LogP contribution in [0.4, 0.5) is 0 Å². The highest BCUT2D eigenvalue weighted by Gasteiger charge is 2.23. The van der Waals surface area contributed by atoms with Crippen molar-refractivity contribution in [3.8, 4) is 17.2 Å². The van der Waals surface area contributed by atoms with Crippen molar-refractivity contribution in [1.29, 1.82) is 5.26 Å². The number of benzene rings is 4. The number of aromatic nitrogens is 1. The van der Waals surface area contributed by atoms with E-state index in [0.29, 0.717) is 0 Å². The second kappa shape index (κ2) is 5.60. The summed E-state index contributed by atoms with van der Waals surface area (Å²) >= 11 is 1.60. The Hall–Kier alpha value is -3.87. The third-order valence-electron chi connectivity index (χ3n) is 6.20. The SMILES string of the molecule is N#Cc1sc2c(c1-c1ccccc1)c1cccc3ccc4c5ccccc5n2c4c31. The Labute approximate surface area is 176 Å². The second-order valence-corrected chi connectivity index (χ2v) is 8.68. The lowest BCUT2D eigenvalue weighted by atomic mass is 9.96. The Morgan fingerprint density at radius 1 is 0.700 bits per heavy atom. The molecule has 30 heavy (non-hydrogen) atoms. The molecule has 7 aromatic rings. The number of thiophene rings is 1. The molecule has 0 saturated carbocycles. The van der Waals surface area contributed by atoms with Gasteiger partial charge in [-0.25, -0.2) is 0 Å². The smallest absolute Gasteiger partial charge is 0.115 e. The van der Waals surface area contributed by atoms with Crippen molar-refractivity contribution in [1.82, 2.24) is 4.40 Å². The molecule has 0 unspecified atom stereocenters. The summed E-state index contributed by atoms with van der Waals surface area (Å²) in [6.45, 7) is 0. The van der Waals surface area contributed by atoms with Crippen LogP contribution in [0.2, 0.25) is 0 Å². The average molecular weight is 398 g/mol. The molecule has 4 aromatic carbocycles. The molecule has 0 radical (unpaired) electrons. The molecule has 0 spiro atoms. The van der Waals surface area contributed by atoms with E-state index in [1.165, 1.54) is 43.4 Å². The zero-order chi connectivity index (χ0) is 19.8. The summed E-state index contributed by atoms with van der Waals surface area (Å²) in [5, 5.41) is 17.5. The van der Waals surface area contributed by atoms with Gasteiger partial charge in [-0.2, -0.15) is 5.26 Å². The van der Waals surface area contributed by atoms with Gasteiger partial charge in [0.25, 0.3) is 0 Å². The van der Waals surface area contributed by atoms with Crippen molar-refractivity contribution in [2.75, 3.05) is 0 Å². The topological polar surface area (TPSA) is 28.2 Å². The zero-order valence-electron chi connectivity index (χ0n) is 15.9. The van der Waals surface area contributed by atoms with Crippen LogP contribution in [0.1, 0.15) is 4.88 Å². The van der Waals surface area contributed by atoms with Crippen molar-refractivity contribution < 1.29 is 0 Å². The number of hydrogen-bond acceptors (Lipinski definition) is 2. The molecule has 7 rings (SSSR count). The fourth-order valence-corrected chi connectivity index (χ4v) is 6.19. The van der Waals surface area contributed by atoms with Gasteiger partial charge in [-0.05, 0) is 22.4 Å². The summed E-state index contributed by atoms with van der Waals surface area (Å²) in [4.78, 5) is 1.91. The molecule has 0 amide bonds. The Bertz CT molecular complexity index is 1800. The van der Waals surface area contributed by atoms with E-state index < -0.39 is 0 Å². The van der Waals surface area contributed by atoms with E-state index in [1.54, 1.807) is 11.3 Å². The number of rotatable bonds is 1. The molecule has 3 aromatic heterocycles. The highest BCUT2D eigenvalue weighted by atomic mass is 32.1. The number of hydrogen-bond donors (Lipinski definition) is 0. The maximum absolute atomic E-state index is 10.0. The molecule has 3 heterocycles. The minimum absolute atomic E-state index is 0.766. The Morgan fingerprint density at radius 2 is 1.50 bits per heavy atom. The first-order chi connectivity index (χ1) is 14.9. The van der Waals surface area contributed by atoms with E-state index in [1.807, 2.05) is 18.2 Å². The van der Waals surface area contributed by atoms with Crippen LogP contribution < -0.4 is 0 Å². The van der Waals surface area contributed by atoms with Crippen LogP contribution in [0.25, 0.3) is 59.3 Å². The van der Waals surface area contributed by atoms with E-state index in [9.17, 15) is 5.26 Å². The molecule has 0 N–H and O–H groups in total. The molecule has 2 nitrogen and oxygen atoms in total. The molecule has 138 valence electrons.